The van der Waals surface area contributed by atoms with Crippen LogP contribution in [0.25, 0.3) is 0 Å². The van der Waals surface area contributed by atoms with Crippen LogP contribution in [0.2, 0.25) is 0 Å². The fourth-order valence-electron chi connectivity index (χ4n) is 0. The van der Waals surface area contributed by atoms with Gasteiger partial charge in [0.25, 0.3) is 0 Å². The molecule has 10 heavy (non-hydrogen) atoms. The zero-order valence-electron chi connectivity index (χ0n) is 5.53. The van der Waals surface area contributed by atoms with Crippen LogP contribution in [-0.2, 0) is 0 Å². The largest absolute Gasteiger partial charge is 1.00 e. The number of rotatable bonds is 0. The maximum atomic E-state index is 8.44. The Labute approximate surface area is 127 Å². The standard InChI is InChI=1S/2CH2O3.Cs.Li/c2*2-1(3)4;;/h2*(H2,2,3,4);;/q;;2*+1/p-2. The van der Waals surface area contributed by atoms with E-state index in [0.29, 0.717) is 0 Å². The van der Waals surface area contributed by atoms with Crippen molar-refractivity contribution in [1.82, 2.24) is 0 Å². The van der Waals surface area contributed by atoms with Crippen molar-refractivity contribution in [2.75, 3.05) is 0 Å². The van der Waals surface area contributed by atoms with Crippen LogP contribution < -0.4 is 98.0 Å². The summed E-state index contributed by atoms with van der Waals surface area (Å²) >= 11 is 0. The van der Waals surface area contributed by atoms with Crippen molar-refractivity contribution in [2.24, 2.45) is 0 Å². The molecule has 0 saturated carbocycles. The van der Waals surface area contributed by atoms with Gasteiger partial charge in [0.1, 0.15) is 0 Å². The van der Waals surface area contributed by atoms with E-state index in [-0.39, 0.29) is 87.8 Å². The minimum absolute atomic E-state index is 0. The Hall–Kier alpha value is 1.19. The first-order chi connectivity index (χ1) is 3.46. The summed E-state index contributed by atoms with van der Waals surface area (Å²) in [5.74, 6) is 0. The Kier molecular flexibility index (Phi) is 37.4. The number of hydrogen-bond acceptors (Lipinski definition) is 4. The second-order valence-corrected chi connectivity index (χ2v) is 0.532. The van der Waals surface area contributed by atoms with E-state index in [2.05, 4.69) is 0 Å². The molecule has 0 spiro atoms. The molecule has 0 heterocycles. The number of carbonyl (C=O) groups is 2. The van der Waals surface area contributed by atoms with Crippen LogP contribution in [0.3, 0.4) is 0 Å². The van der Waals surface area contributed by atoms with E-state index in [0.717, 1.165) is 0 Å². The zero-order valence-corrected chi connectivity index (χ0v) is 11.8. The van der Waals surface area contributed by atoms with Gasteiger partial charge in [-0.15, -0.1) is 0 Å². The molecular weight excluding hydrogens is 260 g/mol. The predicted octanol–water partition coefficient (Wildman–Crippen LogP) is -8.22. The van der Waals surface area contributed by atoms with Crippen LogP contribution in [0.4, 0.5) is 9.59 Å². The summed E-state index contributed by atoms with van der Waals surface area (Å²) in [7, 11) is 0. The molecule has 0 aliphatic carbocycles. The van der Waals surface area contributed by atoms with E-state index in [1.165, 1.54) is 0 Å². The van der Waals surface area contributed by atoms with E-state index in [9.17, 15) is 0 Å². The molecule has 0 aromatic heterocycles. The van der Waals surface area contributed by atoms with Crippen molar-refractivity contribution in [3.05, 3.63) is 0 Å². The van der Waals surface area contributed by atoms with E-state index >= 15 is 0 Å². The summed E-state index contributed by atoms with van der Waals surface area (Å²) in [6, 6.07) is 0. The average Bonchev–Trinajstić information content (AvgIpc) is 1.25. The summed E-state index contributed by atoms with van der Waals surface area (Å²) < 4.78 is 0. The molecule has 0 fully saturated rings. The van der Waals surface area contributed by atoms with Crippen LogP contribution in [0.15, 0.2) is 0 Å². The maximum absolute atomic E-state index is 8.44. The molecule has 0 amide bonds. The molecule has 0 unspecified atom stereocenters. The van der Waals surface area contributed by atoms with Crippen LogP contribution in [-0.4, -0.2) is 22.5 Å². The van der Waals surface area contributed by atoms with E-state index in [1.54, 1.807) is 0 Å². The second-order valence-electron chi connectivity index (χ2n) is 0.532. The third-order valence-electron chi connectivity index (χ3n) is 0. The monoisotopic (exact) mass is 262 g/mol. The molecule has 0 saturated heterocycles. The Balaban J connectivity index is -0.0000000300. The van der Waals surface area contributed by atoms with Gasteiger partial charge in [-0.05, 0) is 0 Å². The van der Waals surface area contributed by atoms with Crippen LogP contribution in [0.1, 0.15) is 0 Å². The summed E-state index contributed by atoms with van der Waals surface area (Å²) in [4.78, 5) is 16.9. The summed E-state index contributed by atoms with van der Waals surface area (Å²) in [5.41, 5.74) is 0. The molecule has 0 bridgehead atoms. The third-order valence-corrected chi connectivity index (χ3v) is 0. The first-order valence-corrected chi connectivity index (χ1v) is 1.26. The molecule has 0 aliphatic heterocycles. The van der Waals surface area contributed by atoms with Gasteiger partial charge in [0, 0.05) is 0 Å². The molecule has 8 heteroatoms. The van der Waals surface area contributed by atoms with Gasteiger partial charge >= 0.3 is 87.8 Å². The van der Waals surface area contributed by atoms with Crippen molar-refractivity contribution in [3.63, 3.8) is 0 Å². The first-order valence-electron chi connectivity index (χ1n) is 1.26. The molecule has 6 nitrogen and oxygen atoms in total. The Morgan fingerprint density at radius 3 is 1.00 bits per heavy atom. The summed E-state index contributed by atoms with van der Waals surface area (Å²) in [6.45, 7) is 0. The smallest absolute Gasteiger partial charge is 0.565 e. The molecule has 0 aromatic carbocycles. The van der Waals surface area contributed by atoms with E-state index < -0.39 is 12.3 Å². The SMILES string of the molecule is O=C([O-])O.O=C([O-])O.[Cs+].[Li+]. The van der Waals surface area contributed by atoms with Gasteiger partial charge in [-0.1, -0.05) is 0 Å². The molecule has 0 atom stereocenters. The fraction of sp³-hybridized carbons (Fsp3) is 0. The van der Waals surface area contributed by atoms with Gasteiger partial charge in [0.2, 0.25) is 12.3 Å². The number of carboxylic acid groups (broad SMARTS) is 4. The third kappa shape index (κ3) is 436. The Bertz CT molecular complexity index is 73.7. The Morgan fingerprint density at radius 2 is 1.00 bits per heavy atom. The van der Waals surface area contributed by atoms with Gasteiger partial charge in [-0.25, -0.2) is 0 Å². The molecule has 2 N–H and O–H groups in total. The zero-order chi connectivity index (χ0) is 7.15. The van der Waals surface area contributed by atoms with Gasteiger partial charge in [0.05, 0.1) is 0 Å². The first kappa shape index (κ1) is 22.5. The van der Waals surface area contributed by atoms with Gasteiger partial charge < -0.3 is 30.0 Å². The topological polar surface area (TPSA) is 121 Å². The summed E-state index contributed by atoms with van der Waals surface area (Å²) in [6.07, 6.45) is -4.17. The average molecular weight is 262 g/mol. The predicted molar refractivity (Wildman–Crippen MR) is 16.0 cm³/mol. The van der Waals surface area contributed by atoms with E-state index in [1.807, 2.05) is 0 Å². The Morgan fingerprint density at radius 1 is 1.00 bits per heavy atom. The minimum Gasteiger partial charge on any atom is -0.565 e. The maximum Gasteiger partial charge on any atom is 1.00 e. The van der Waals surface area contributed by atoms with Crippen LogP contribution >= 0.6 is 0 Å². The van der Waals surface area contributed by atoms with Crippen LogP contribution in [0, 0.1) is 0 Å². The van der Waals surface area contributed by atoms with Gasteiger partial charge in [-0.3, -0.25) is 0 Å². The normalized spacial score (nSPS) is 4.80. The second kappa shape index (κ2) is 16.6. The molecule has 48 valence electrons. The molecule has 0 radical (unpaired) electrons. The fourth-order valence-corrected chi connectivity index (χ4v) is 0. The van der Waals surface area contributed by atoms with Crippen molar-refractivity contribution < 1.29 is 118 Å². The number of hydrogen-bond donors (Lipinski definition) is 2. The molecule has 0 rings (SSSR count). The van der Waals surface area contributed by atoms with E-state index in [4.69, 9.17) is 30.0 Å². The quantitative estimate of drug-likeness (QED) is 0.418. The van der Waals surface area contributed by atoms with Crippen molar-refractivity contribution >= 4 is 12.3 Å². The molecule has 0 aliphatic rings. The van der Waals surface area contributed by atoms with Crippen molar-refractivity contribution in [2.45, 2.75) is 0 Å². The minimum atomic E-state index is -2.08. The molecular formula is C2H2CsLiO6. The van der Waals surface area contributed by atoms with Gasteiger partial charge in [0.15, 0.2) is 0 Å². The van der Waals surface area contributed by atoms with Crippen molar-refractivity contribution in [1.29, 1.82) is 0 Å². The van der Waals surface area contributed by atoms with Gasteiger partial charge in [-0.2, -0.15) is 0 Å². The summed E-state index contributed by atoms with van der Waals surface area (Å²) in [5, 5.41) is 30.6. The molecule has 0 aromatic rings. The van der Waals surface area contributed by atoms with Crippen LogP contribution in [0.5, 0.6) is 0 Å². The van der Waals surface area contributed by atoms with Crippen molar-refractivity contribution in [3.8, 4) is 0 Å².